The summed E-state index contributed by atoms with van der Waals surface area (Å²) < 4.78 is -0.234. The number of phenolic OH excluding ortho intramolecular Hbond substituents is 2. The van der Waals surface area contributed by atoms with Crippen LogP contribution < -0.4 is 0 Å². The first kappa shape index (κ1) is 24.3. The lowest BCUT2D eigenvalue weighted by atomic mass is 10.2. The molecule has 0 saturated carbocycles. The summed E-state index contributed by atoms with van der Waals surface area (Å²) in [6.07, 6.45) is 0. The van der Waals surface area contributed by atoms with E-state index < -0.39 is 34.6 Å². The van der Waals surface area contributed by atoms with Gasteiger partial charge in [-0.1, -0.05) is 46.4 Å². The van der Waals surface area contributed by atoms with Crippen LogP contribution in [-0.4, -0.2) is 22.2 Å². The molecule has 150 valence electrons. The van der Waals surface area contributed by atoms with Crippen molar-refractivity contribution in [1.29, 1.82) is 0 Å². The Balaban J connectivity index is 2.34. The third kappa shape index (κ3) is 4.39. The van der Waals surface area contributed by atoms with Gasteiger partial charge >= 0.3 is 11.9 Å². The molecule has 2 rings (SSSR count). The Morgan fingerprint density at radius 3 is 1.18 bits per heavy atom. The number of rotatable bonds is 2. The van der Waals surface area contributed by atoms with Gasteiger partial charge in [0.25, 0.3) is 0 Å². The highest BCUT2D eigenvalue weighted by Crippen LogP contribution is 2.47. The predicted molar refractivity (Wildman–Crippen MR) is 118 cm³/mol. The van der Waals surface area contributed by atoms with Crippen LogP contribution >= 0.6 is 110 Å². The summed E-state index contributed by atoms with van der Waals surface area (Å²) in [5, 5.41) is 19.0. The minimum absolute atomic E-state index is 0.0373. The largest absolute Gasteiger partial charge is 0.505 e. The number of carbonyl (C=O) groups excluding carboxylic acids is 2. The van der Waals surface area contributed by atoms with Crippen molar-refractivity contribution in [3.05, 3.63) is 49.1 Å². The Morgan fingerprint density at radius 1 is 0.607 bits per heavy atom. The summed E-state index contributed by atoms with van der Waals surface area (Å²) >= 11 is 35.7. The van der Waals surface area contributed by atoms with Crippen LogP contribution in [0.3, 0.4) is 0 Å². The highest BCUT2D eigenvalue weighted by atomic mass is 79.9. The SMILES string of the molecule is O=C(OOC(=O)c1c(Cl)c(Cl)c(Br)c(O)c1Br)c1c(Cl)c(Cl)c(Br)c(O)c1Br. The summed E-state index contributed by atoms with van der Waals surface area (Å²) in [7, 11) is 0. The van der Waals surface area contributed by atoms with Crippen molar-refractivity contribution in [2.24, 2.45) is 0 Å². The molecule has 0 aliphatic carbocycles. The van der Waals surface area contributed by atoms with E-state index in [0.717, 1.165) is 0 Å². The van der Waals surface area contributed by atoms with Gasteiger partial charge in [-0.2, -0.15) is 0 Å². The van der Waals surface area contributed by atoms with E-state index in [1.165, 1.54) is 0 Å². The zero-order valence-electron chi connectivity index (χ0n) is 12.6. The van der Waals surface area contributed by atoms with Crippen LogP contribution in [0.1, 0.15) is 20.7 Å². The summed E-state index contributed by atoms with van der Waals surface area (Å²) in [5.74, 6) is -3.37. The fourth-order valence-electron chi connectivity index (χ4n) is 1.76. The maximum absolute atomic E-state index is 12.3. The van der Waals surface area contributed by atoms with Crippen LogP contribution in [0.4, 0.5) is 0 Å². The minimum Gasteiger partial charge on any atom is -0.505 e. The smallest absolute Gasteiger partial charge is 0.389 e. The molecule has 0 heterocycles. The monoisotopic (exact) mass is 722 g/mol. The number of carbonyl (C=O) groups is 2. The van der Waals surface area contributed by atoms with Crippen molar-refractivity contribution in [2.45, 2.75) is 0 Å². The third-order valence-electron chi connectivity index (χ3n) is 3.08. The topological polar surface area (TPSA) is 93.1 Å². The van der Waals surface area contributed by atoms with Gasteiger partial charge in [-0.05, 0) is 63.7 Å². The number of benzene rings is 2. The van der Waals surface area contributed by atoms with Crippen LogP contribution in [0.15, 0.2) is 17.9 Å². The molecule has 0 spiro atoms. The predicted octanol–water partition coefficient (Wildman–Crippen LogP) is 7.69. The van der Waals surface area contributed by atoms with E-state index in [-0.39, 0.29) is 38.0 Å². The van der Waals surface area contributed by atoms with E-state index in [1.54, 1.807) is 0 Å². The summed E-state index contributed by atoms with van der Waals surface area (Å²) in [6.45, 7) is 0. The van der Waals surface area contributed by atoms with Gasteiger partial charge in [-0.3, -0.25) is 0 Å². The van der Waals surface area contributed by atoms with E-state index in [1.807, 2.05) is 0 Å². The molecule has 14 heteroatoms. The van der Waals surface area contributed by atoms with Crippen LogP contribution in [0, 0.1) is 0 Å². The lowest BCUT2D eigenvalue weighted by Gasteiger charge is -2.13. The van der Waals surface area contributed by atoms with Gasteiger partial charge < -0.3 is 10.2 Å². The van der Waals surface area contributed by atoms with Gasteiger partial charge in [0.05, 0.1) is 38.0 Å². The molecule has 0 atom stereocenters. The van der Waals surface area contributed by atoms with Crippen molar-refractivity contribution in [1.82, 2.24) is 0 Å². The summed E-state index contributed by atoms with van der Waals surface area (Å²) in [6, 6.07) is 0. The van der Waals surface area contributed by atoms with E-state index in [9.17, 15) is 19.8 Å². The first-order chi connectivity index (χ1) is 12.9. The molecule has 0 bridgehead atoms. The second kappa shape index (κ2) is 9.47. The molecule has 6 nitrogen and oxygen atoms in total. The van der Waals surface area contributed by atoms with Crippen LogP contribution in [0.25, 0.3) is 0 Å². The van der Waals surface area contributed by atoms with Crippen molar-refractivity contribution in [2.75, 3.05) is 0 Å². The van der Waals surface area contributed by atoms with Gasteiger partial charge in [0.15, 0.2) is 0 Å². The van der Waals surface area contributed by atoms with E-state index in [0.29, 0.717) is 0 Å². The van der Waals surface area contributed by atoms with Crippen molar-refractivity contribution < 1.29 is 29.6 Å². The number of hydrogen-bond acceptors (Lipinski definition) is 6. The average molecular weight is 728 g/mol. The molecule has 2 aromatic rings. The Labute approximate surface area is 210 Å². The van der Waals surface area contributed by atoms with E-state index >= 15 is 0 Å². The van der Waals surface area contributed by atoms with Crippen LogP contribution in [0.2, 0.25) is 20.1 Å². The Morgan fingerprint density at radius 2 is 0.893 bits per heavy atom. The Bertz CT molecular complexity index is 890. The number of phenols is 2. The molecular weight excluding hydrogens is 726 g/mol. The molecule has 2 N–H and O–H groups in total. The maximum Gasteiger partial charge on any atom is 0.389 e. The molecule has 0 aliphatic rings. The van der Waals surface area contributed by atoms with Gasteiger partial charge in [0.2, 0.25) is 0 Å². The van der Waals surface area contributed by atoms with Gasteiger partial charge in [-0.15, -0.1) is 0 Å². The second-order valence-corrected chi connectivity index (χ2v) is 9.38. The van der Waals surface area contributed by atoms with Crippen molar-refractivity contribution in [3.8, 4) is 11.5 Å². The highest BCUT2D eigenvalue weighted by molar-refractivity contribution is 9.11. The molecular formula is C14H2Br4Cl4O6. The zero-order chi connectivity index (χ0) is 21.5. The molecule has 0 saturated heterocycles. The first-order valence-corrected chi connectivity index (χ1v) is 11.1. The second-order valence-electron chi connectivity index (χ2n) is 4.70. The number of halogens is 8. The first-order valence-electron chi connectivity index (χ1n) is 6.44. The molecule has 28 heavy (non-hydrogen) atoms. The zero-order valence-corrected chi connectivity index (χ0v) is 21.9. The standard InChI is InChI=1S/C14H2Br4Cl4O6/c15-3-1(7(19)9(21)5(17)11(3)23)13(25)27-28-14(26)2-4(16)12(24)6(18)10(22)8(2)20/h23-24H. The normalized spacial score (nSPS) is 10.7. The Kier molecular flexibility index (Phi) is 8.23. The summed E-state index contributed by atoms with van der Waals surface area (Å²) in [4.78, 5) is 33.5. The van der Waals surface area contributed by atoms with Gasteiger partial charge in [-0.25, -0.2) is 19.4 Å². The summed E-state index contributed by atoms with van der Waals surface area (Å²) in [5.41, 5.74) is -0.802. The fourth-order valence-corrected chi connectivity index (χ4v) is 5.56. The highest BCUT2D eigenvalue weighted by Gasteiger charge is 2.29. The maximum atomic E-state index is 12.3. The van der Waals surface area contributed by atoms with Gasteiger partial charge in [0.1, 0.15) is 22.6 Å². The molecule has 2 aromatic carbocycles. The van der Waals surface area contributed by atoms with Crippen molar-refractivity contribution in [3.63, 3.8) is 0 Å². The van der Waals surface area contributed by atoms with Crippen LogP contribution in [0.5, 0.6) is 11.5 Å². The van der Waals surface area contributed by atoms with E-state index in [2.05, 4.69) is 73.5 Å². The molecule has 0 fully saturated rings. The molecule has 0 amide bonds. The fraction of sp³-hybridized carbons (Fsp3) is 0. The van der Waals surface area contributed by atoms with Crippen LogP contribution in [-0.2, 0) is 9.78 Å². The third-order valence-corrected chi connectivity index (χ3v) is 8.33. The molecule has 0 aliphatic heterocycles. The molecule has 0 radical (unpaired) electrons. The minimum atomic E-state index is -1.25. The number of aromatic hydroxyl groups is 2. The van der Waals surface area contributed by atoms with Gasteiger partial charge in [0, 0.05) is 0 Å². The molecule has 0 aromatic heterocycles. The quantitative estimate of drug-likeness (QED) is 0.143. The average Bonchev–Trinajstić information content (AvgIpc) is 2.66. The van der Waals surface area contributed by atoms with Crippen molar-refractivity contribution >= 4 is 122 Å². The lowest BCUT2D eigenvalue weighted by molar-refractivity contribution is -0.187. The number of hydrogen-bond donors (Lipinski definition) is 2. The van der Waals surface area contributed by atoms with E-state index in [4.69, 9.17) is 46.4 Å². The lowest BCUT2D eigenvalue weighted by Crippen LogP contribution is -2.14. The Hall–Kier alpha value is 0.0600. The molecule has 0 unspecified atom stereocenters.